The summed E-state index contributed by atoms with van der Waals surface area (Å²) in [5.74, 6) is 0.221. The third-order valence-corrected chi connectivity index (χ3v) is 5.72. The number of aliphatic hydroxyl groups is 1. The lowest BCUT2D eigenvalue weighted by Crippen LogP contribution is -2.25. The van der Waals surface area contributed by atoms with E-state index in [-0.39, 0.29) is 50.8 Å². The number of aliphatic hydroxyl groups excluding tert-OH is 1. The first-order chi connectivity index (χ1) is 18.8. The standard InChI is InChI=1S/C28H30N2O9/c1-36-24-9-8-23(30(34)35)13-22(24)18-39-28(33)16-20-14-25(37-2)26(38-11-10-31)15-21(20)17-29-27(32)12-19-6-4-3-5-7-19/h3-9,13-15,31H,10-12,16-18H2,1-2H3,(H,29,32). The molecule has 0 atom stereocenters. The van der Waals surface area contributed by atoms with Crippen molar-refractivity contribution in [2.45, 2.75) is 26.0 Å². The number of esters is 1. The maximum atomic E-state index is 12.8. The third kappa shape index (κ3) is 8.44. The molecular formula is C28H30N2O9. The molecule has 3 aromatic rings. The molecule has 3 aromatic carbocycles. The molecule has 206 valence electrons. The number of nitrogens with one attached hydrogen (secondary N) is 1. The summed E-state index contributed by atoms with van der Waals surface area (Å²) in [4.78, 5) is 35.9. The Morgan fingerprint density at radius 3 is 2.28 bits per heavy atom. The van der Waals surface area contributed by atoms with Crippen LogP contribution in [0.3, 0.4) is 0 Å². The van der Waals surface area contributed by atoms with Crippen LogP contribution in [-0.4, -0.2) is 49.3 Å². The largest absolute Gasteiger partial charge is 0.496 e. The molecule has 0 aliphatic carbocycles. The first-order valence-corrected chi connectivity index (χ1v) is 12.1. The Morgan fingerprint density at radius 1 is 0.897 bits per heavy atom. The van der Waals surface area contributed by atoms with Gasteiger partial charge in [0.15, 0.2) is 11.5 Å². The summed E-state index contributed by atoms with van der Waals surface area (Å²) in [5.41, 5.74) is 2.17. The lowest BCUT2D eigenvalue weighted by Gasteiger charge is -2.17. The first kappa shape index (κ1) is 28.9. The van der Waals surface area contributed by atoms with E-state index in [0.717, 1.165) is 5.56 Å². The van der Waals surface area contributed by atoms with Crippen LogP contribution in [0, 0.1) is 10.1 Å². The van der Waals surface area contributed by atoms with Crippen molar-refractivity contribution in [2.24, 2.45) is 0 Å². The van der Waals surface area contributed by atoms with Crippen LogP contribution in [0.15, 0.2) is 60.7 Å². The molecular weight excluding hydrogens is 508 g/mol. The molecule has 0 aliphatic rings. The SMILES string of the molecule is COc1ccc([N+](=O)[O-])cc1COC(=O)Cc1cc(OC)c(OCCO)cc1CNC(=O)Cc1ccccc1. The van der Waals surface area contributed by atoms with Crippen molar-refractivity contribution < 1.29 is 38.6 Å². The zero-order chi connectivity index (χ0) is 28.2. The van der Waals surface area contributed by atoms with Crippen LogP contribution in [0.2, 0.25) is 0 Å². The fraction of sp³-hybridized carbons (Fsp3) is 0.286. The van der Waals surface area contributed by atoms with Gasteiger partial charge in [-0.15, -0.1) is 0 Å². The van der Waals surface area contributed by atoms with Gasteiger partial charge in [-0.2, -0.15) is 0 Å². The summed E-state index contributed by atoms with van der Waals surface area (Å²) < 4.78 is 21.6. The van der Waals surface area contributed by atoms with Gasteiger partial charge in [0, 0.05) is 24.2 Å². The molecule has 39 heavy (non-hydrogen) atoms. The normalized spacial score (nSPS) is 10.4. The van der Waals surface area contributed by atoms with Crippen LogP contribution in [-0.2, 0) is 40.3 Å². The van der Waals surface area contributed by atoms with Crippen molar-refractivity contribution in [1.82, 2.24) is 5.32 Å². The molecule has 0 saturated carbocycles. The minimum atomic E-state index is -0.605. The molecule has 0 bridgehead atoms. The predicted molar refractivity (Wildman–Crippen MR) is 141 cm³/mol. The molecule has 2 N–H and O–H groups in total. The number of ether oxygens (including phenoxy) is 4. The van der Waals surface area contributed by atoms with Crippen molar-refractivity contribution in [1.29, 1.82) is 0 Å². The summed E-state index contributed by atoms with van der Waals surface area (Å²) in [5, 5.41) is 23.1. The van der Waals surface area contributed by atoms with Gasteiger partial charge in [0.2, 0.25) is 5.91 Å². The second kappa shape index (κ2) is 14.3. The number of carbonyl (C=O) groups is 2. The smallest absolute Gasteiger partial charge is 0.310 e. The van der Waals surface area contributed by atoms with Gasteiger partial charge in [-0.25, -0.2) is 0 Å². The number of rotatable bonds is 14. The van der Waals surface area contributed by atoms with Gasteiger partial charge in [0.1, 0.15) is 19.0 Å². The number of nitro groups is 1. The molecule has 0 saturated heterocycles. The molecule has 0 radical (unpaired) electrons. The number of non-ortho nitro benzene ring substituents is 1. The van der Waals surface area contributed by atoms with E-state index in [0.29, 0.717) is 33.9 Å². The van der Waals surface area contributed by atoms with Gasteiger partial charge >= 0.3 is 5.97 Å². The highest BCUT2D eigenvalue weighted by molar-refractivity contribution is 5.79. The predicted octanol–water partition coefficient (Wildman–Crippen LogP) is 3.13. The van der Waals surface area contributed by atoms with Gasteiger partial charge < -0.3 is 29.4 Å². The number of carbonyl (C=O) groups excluding carboxylic acids is 2. The van der Waals surface area contributed by atoms with Crippen molar-refractivity contribution in [3.63, 3.8) is 0 Å². The highest BCUT2D eigenvalue weighted by atomic mass is 16.6. The van der Waals surface area contributed by atoms with Crippen LogP contribution in [0.4, 0.5) is 5.69 Å². The fourth-order valence-corrected chi connectivity index (χ4v) is 3.79. The number of nitrogens with zero attached hydrogens (tertiary/aromatic N) is 1. The Labute approximate surface area is 225 Å². The van der Waals surface area contributed by atoms with E-state index in [1.807, 2.05) is 30.3 Å². The minimum Gasteiger partial charge on any atom is -0.496 e. The Morgan fingerprint density at radius 2 is 1.62 bits per heavy atom. The molecule has 0 aromatic heterocycles. The molecule has 3 rings (SSSR count). The molecule has 0 aliphatic heterocycles. The van der Waals surface area contributed by atoms with E-state index in [4.69, 9.17) is 24.1 Å². The average Bonchev–Trinajstić information content (AvgIpc) is 2.94. The van der Waals surface area contributed by atoms with Gasteiger partial charge in [-0.3, -0.25) is 19.7 Å². The lowest BCUT2D eigenvalue weighted by atomic mass is 10.0. The second-order valence-electron chi connectivity index (χ2n) is 8.37. The van der Waals surface area contributed by atoms with E-state index < -0.39 is 10.9 Å². The average molecular weight is 539 g/mol. The highest BCUT2D eigenvalue weighted by Crippen LogP contribution is 2.32. The third-order valence-electron chi connectivity index (χ3n) is 5.72. The summed E-state index contributed by atoms with van der Waals surface area (Å²) in [6, 6.07) is 16.6. The fourth-order valence-electron chi connectivity index (χ4n) is 3.79. The summed E-state index contributed by atoms with van der Waals surface area (Å²) in [6.45, 7) is -0.307. The van der Waals surface area contributed by atoms with Crippen LogP contribution in [0.25, 0.3) is 0 Å². The second-order valence-corrected chi connectivity index (χ2v) is 8.37. The number of hydrogen-bond donors (Lipinski definition) is 2. The summed E-state index contributed by atoms with van der Waals surface area (Å²) in [6.07, 6.45) is 0.0189. The van der Waals surface area contributed by atoms with E-state index in [1.165, 1.54) is 32.4 Å². The molecule has 11 nitrogen and oxygen atoms in total. The van der Waals surface area contributed by atoms with Crippen LogP contribution in [0.1, 0.15) is 22.3 Å². The highest BCUT2D eigenvalue weighted by Gasteiger charge is 2.18. The molecule has 0 heterocycles. The molecule has 11 heteroatoms. The number of methoxy groups -OCH3 is 2. The van der Waals surface area contributed by atoms with E-state index in [1.54, 1.807) is 12.1 Å². The molecule has 1 amide bonds. The zero-order valence-electron chi connectivity index (χ0n) is 21.7. The quantitative estimate of drug-likeness (QED) is 0.179. The van der Waals surface area contributed by atoms with Crippen molar-refractivity contribution >= 4 is 17.6 Å². The molecule has 0 spiro atoms. The number of benzene rings is 3. The van der Waals surface area contributed by atoms with Gasteiger partial charge in [0.25, 0.3) is 5.69 Å². The van der Waals surface area contributed by atoms with Gasteiger partial charge in [0.05, 0.1) is 38.6 Å². The molecule has 0 unspecified atom stereocenters. The maximum Gasteiger partial charge on any atom is 0.310 e. The minimum absolute atomic E-state index is 0.0304. The molecule has 0 fully saturated rings. The van der Waals surface area contributed by atoms with Crippen LogP contribution in [0.5, 0.6) is 17.2 Å². The number of hydrogen-bond acceptors (Lipinski definition) is 9. The number of nitro benzene ring substituents is 1. The van der Waals surface area contributed by atoms with Crippen LogP contribution >= 0.6 is 0 Å². The maximum absolute atomic E-state index is 12.8. The van der Waals surface area contributed by atoms with Crippen molar-refractivity contribution in [2.75, 3.05) is 27.4 Å². The zero-order valence-corrected chi connectivity index (χ0v) is 21.7. The van der Waals surface area contributed by atoms with E-state index in [2.05, 4.69) is 5.32 Å². The first-order valence-electron chi connectivity index (χ1n) is 12.1. The summed E-state index contributed by atoms with van der Waals surface area (Å²) in [7, 11) is 2.86. The van der Waals surface area contributed by atoms with Crippen molar-refractivity contribution in [3.05, 3.63) is 93.0 Å². The lowest BCUT2D eigenvalue weighted by molar-refractivity contribution is -0.385. The topological polar surface area (TPSA) is 146 Å². The monoisotopic (exact) mass is 538 g/mol. The van der Waals surface area contributed by atoms with E-state index >= 15 is 0 Å². The van der Waals surface area contributed by atoms with E-state index in [9.17, 15) is 19.7 Å². The van der Waals surface area contributed by atoms with Gasteiger partial charge in [-0.05, 0) is 34.9 Å². The summed E-state index contributed by atoms with van der Waals surface area (Å²) >= 11 is 0. The Kier molecular flexibility index (Phi) is 10.6. The Bertz CT molecular complexity index is 1300. The Balaban J connectivity index is 1.76. The van der Waals surface area contributed by atoms with Crippen molar-refractivity contribution in [3.8, 4) is 17.2 Å². The number of amides is 1. The van der Waals surface area contributed by atoms with Crippen LogP contribution < -0.4 is 19.5 Å². The Hall–Kier alpha value is -4.64. The van der Waals surface area contributed by atoms with Gasteiger partial charge in [-0.1, -0.05) is 30.3 Å².